The first-order valence-electron chi connectivity index (χ1n) is 8.23. The number of rotatable bonds is 7. The minimum Gasteiger partial charge on any atom is -0.385 e. The van der Waals surface area contributed by atoms with Gasteiger partial charge < -0.3 is 10.1 Å². The van der Waals surface area contributed by atoms with E-state index in [9.17, 15) is 0 Å². The normalized spacial score (nSPS) is 25.6. The molecule has 1 heterocycles. The van der Waals surface area contributed by atoms with E-state index in [0.29, 0.717) is 29.3 Å². The molecule has 1 aliphatic heterocycles. The highest BCUT2D eigenvalue weighted by molar-refractivity contribution is 4.91. The lowest BCUT2D eigenvalue weighted by Gasteiger charge is -2.46. The first-order valence-corrected chi connectivity index (χ1v) is 8.23. The molecule has 0 bridgehead atoms. The number of hydrogen-bond donors (Lipinski definition) is 1. The number of ether oxygens (including phenoxy) is 1. The molecule has 3 nitrogen and oxygen atoms in total. The topological polar surface area (TPSA) is 24.5 Å². The Morgan fingerprint density at radius 3 is 2.35 bits per heavy atom. The van der Waals surface area contributed by atoms with Crippen LogP contribution >= 0.6 is 0 Å². The Balaban J connectivity index is 2.68. The molecule has 1 fully saturated rings. The van der Waals surface area contributed by atoms with Gasteiger partial charge in [-0.25, -0.2) is 0 Å². The minimum absolute atomic E-state index is 0.321. The first kappa shape index (κ1) is 17.9. The Labute approximate surface area is 126 Å². The van der Waals surface area contributed by atoms with Gasteiger partial charge in [-0.15, -0.1) is 0 Å². The molecular formula is C17H36N2O. The highest BCUT2D eigenvalue weighted by atomic mass is 16.5. The van der Waals surface area contributed by atoms with Gasteiger partial charge in [0.25, 0.3) is 0 Å². The molecule has 1 N–H and O–H groups in total. The fourth-order valence-electron chi connectivity index (χ4n) is 3.15. The molecule has 0 aromatic heterocycles. The van der Waals surface area contributed by atoms with E-state index in [1.807, 2.05) is 0 Å². The van der Waals surface area contributed by atoms with E-state index in [1.54, 1.807) is 7.11 Å². The van der Waals surface area contributed by atoms with Crippen LogP contribution < -0.4 is 5.32 Å². The summed E-state index contributed by atoms with van der Waals surface area (Å²) in [7, 11) is 1.80. The summed E-state index contributed by atoms with van der Waals surface area (Å²) in [6.45, 7) is 18.4. The van der Waals surface area contributed by atoms with Crippen LogP contribution in [0.2, 0.25) is 0 Å². The van der Waals surface area contributed by atoms with Crippen molar-refractivity contribution in [2.75, 3.05) is 33.4 Å². The number of hydrogen-bond acceptors (Lipinski definition) is 3. The van der Waals surface area contributed by atoms with Gasteiger partial charge >= 0.3 is 0 Å². The molecular weight excluding hydrogens is 248 g/mol. The van der Waals surface area contributed by atoms with Gasteiger partial charge in [0.15, 0.2) is 0 Å². The monoisotopic (exact) mass is 284 g/mol. The van der Waals surface area contributed by atoms with Gasteiger partial charge in [0.1, 0.15) is 0 Å². The van der Waals surface area contributed by atoms with Gasteiger partial charge in [-0.3, -0.25) is 4.90 Å². The second-order valence-electron chi connectivity index (χ2n) is 7.91. The zero-order valence-electron chi connectivity index (χ0n) is 14.7. The van der Waals surface area contributed by atoms with E-state index < -0.39 is 0 Å². The zero-order valence-corrected chi connectivity index (χ0v) is 14.7. The Bertz CT molecular complexity index is 276. The van der Waals surface area contributed by atoms with Crippen LogP contribution in [0.25, 0.3) is 0 Å². The van der Waals surface area contributed by atoms with E-state index in [4.69, 9.17) is 4.74 Å². The van der Waals surface area contributed by atoms with Crippen molar-refractivity contribution in [1.82, 2.24) is 10.2 Å². The number of nitrogens with one attached hydrogen (secondary N) is 1. The van der Waals surface area contributed by atoms with Crippen LogP contribution in [0.3, 0.4) is 0 Å². The second-order valence-corrected chi connectivity index (χ2v) is 7.91. The molecule has 2 unspecified atom stereocenters. The van der Waals surface area contributed by atoms with Crippen molar-refractivity contribution in [2.45, 2.75) is 60.0 Å². The minimum atomic E-state index is 0.321. The SMILES string of the molecule is COCCC(C)(C)CN1CC(C(C)C)NCC1C(C)C. The van der Waals surface area contributed by atoms with Gasteiger partial charge in [-0.05, 0) is 23.7 Å². The molecule has 120 valence electrons. The van der Waals surface area contributed by atoms with Crippen molar-refractivity contribution in [1.29, 1.82) is 0 Å². The van der Waals surface area contributed by atoms with Crippen molar-refractivity contribution >= 4 is 0 Å². The summed E-state index contributed by atoms with van der Waals surface area (Å²) >= 11 is 0. The molecule has 0 aliphatic carbocycles. The highest BCUT2D eigenvalue weighted by Gasteiger charge is 2.34. The predicted molar refractivity (Wildman–Crippen MR) is 87.1 cm³/mol. The van der Waals surface area contributed by atoms with Crippen LogP contribution in [0.15, 0.2) is 0 Å². The van der Waals surface area contributed by atoms with Gasteiger partial charge in [0.2, 0.25) is 0 Å². The summed E-state index contributed by atoms with van der Waals surface area (Å²) in [6.07, 6.45) is 1.13. The molecule has 0 amide bonds. The van der Waals surface area contributed by atoms with Gasteiger partial charge in [-0.1, -0.05) is 41.5 Å². The van der Waals surface area contributed by atoms with Crippen molar-refractivity contribution in [2.24, 2.45) is 17.3 Å². The van der Waals surface area contributed by atoms with Crippen molar-refractivity contribution in [3.05, 3.63) is 0 Å². The van der Waals surface area contributed by atoms with E-state index in [1.165, 1.54) is 13.1 Å². The van der Waals surface area contributed by atoms with Crippen LogP contribution in [0.5, 0.6) is 0 Å². The maximum absolute atomic E-state index is 5.27. The summed E-state index contributed by atoms with van der Waals surface area (Å²) in [5, 5.41) is 3.74. The third kappa shape index (κ3) is 5.34. The molecule has 3 heteroatoms. The maximum Gasteiger partial charge on any atom is 0.0467 e. The molecule has 1 rings (SSSR count). The average Bonchev–Trinajstić information content (AvgIpc) is 2.35. The fourth-order valence-corrected chi connectivity index (χ4v) is 3.15. The molecule has 0 saturated carbocycles. The van der Waals surface area contributed by atoms with Crippen molar-refractivity contribution < 1.29 is 4.74 Å². The van der Waals surface area contributed by atoms with Crippen molar-refractivity contribution in [3.8, 4) is 0 Å². The van der Waals surface area contributed by atoms with Gasteiger partial charge in [0, 0.05) is 45.4 Å². The summed E-state index contributed by atoms with van der Waals surface area (Å²) in [5.74, 6) is 1.40. The third-order valence-corrected chi connectivity index (χ3v) is 4.68. The lowest BCUT2D eigenvalue weighted by atomic mass is 9.86. The fraction of sp³-hybridized carbons (Fsp3) is 1.00. The van der Waals surface area contributed by atoms with Gasteiger partial charge in [0.05, 0.1) is 0 Å². The van der Waals surface area contributed by atoms with Crippen LogP contribution in [0, 0.1) is 17.3 Å². The molecule has 0 aromatic rings. The van der Waals surface area contributed by atoms with Crippen LogP contribution in [0.1, 0.15) is 48.0 Å². The summed E-state index contributed by atoms with van der Waals surface area (Å²) in [4.78, 5) is 2.72. The largest absolute Gasteiger partial charge is 0.385 e. The van der Waals surface area contributed by atoms with Crippen LogP contribution in [-0.2, 0) is 4.74 Å². The molecule has 1 saturated heterocycles. The van der Waals surface area contributed by atoms with E-state index in [0.717, 1.165) is 19.6 Å². The molecule has 20 heavy (non-hydrogen) atoms. The zero-order chi connectivity index (χ0) is 15.3. The van der Waals surface area contributed by atoms with Gasteiger partial charge in [-0.2, -0.15) is 0 Å². The number of nitrogens with zero attached hydrogens (tertiary/aromatic N) is 1. The lowest BCUT2D eigenvalue weighted by Crippen LogP contribution is -2.61. The Kier molecular flexibility index (Phi) is 6.96. The molecule has 1 aliphatic rings. The average molecular weight is 284 g/mol. The lowest BCUT2D eigenvalue weighted by molar-refractivity contribution is 0.0393. The smallest absolute Gasteiger partial charge is 0.0467 e. The Morgan fingerprint density at radius 1 is 1.20 bits per heavy atom. The summed E-state index contributed by atoms with van der Waals surface area (Å²) in [5.41, 5.74) is 0.321. The highest BCUT2D eigenvalue weighted by Crippen LogP contribution is 2.27. The Morgan fingerprint density at radius 2 is 1.85 bits per heavy atom. The second kappa shape index (κ2) is 7.77. The number of piperazine rings is 1. The van der Waals surface area contributed by atoms with Crippen LogP contribution in [-0.4, -0.2) is 50.3 Å². The molecule has 0 spiro atoms. The standard InChI is InChI=1S/C17H36N2O/c1-13(2)15-11-19(16(10-18-15)14(3)4)12-17(5,6)8-9-20-7/h13-16,18H,8-12H2,1-7H3. The Hall–Kier alpha value is -0.120. The summed E-state index contributed by atoms with van der Waals surface area (Å²) < 4.78 is 5.27. The van der Waals surface area contributed by atoms with E-state index in [2.05, 4.69) is 51.8 Å². The molecule has 0 aromatic carbocycles. The third-order valence-electron chi connectivity index (χ3n) is 4.68. The maximum atomic E-state index is 5.27. The number of methoxy groups -OCH3 is 1. The van der Waals surface area contributed by atoms with Crippen molar-refractivity contribution in [3.63, 3.8) is 0 Å². The van der Waals surface area contributed by atoms with Crippen LogP contribution in [0.4, 0.5) is 0 Å². The summed E-state index contributed by atoms with van der Waals surface area (Å²) in [6, 6.07) is 1.29. The van der Waals surface area contributed by atoms with E-state index in [-0.39, 0.29) is 0 Å². The quantitative estimate of drug-likeness (QED) is 0.778. The van der Waals surface area contributed by atoms with E-state index >= 15 is 0 Å². The first-order chi connectivity index (χ1) is 9.26. The predicted octanol–water partition coefficient (Wildman–Crippen LogP) is 3.00. The molecule has 2 atom stereocenters. The molecule has 0 radical (unpaired) electrons.